The van der Waals surface area contributed by atoms with E-state index in [1.165, 1.54) is 0 Å². The van der Waals surface area contributed by atoms with Gasteiger partial charge in [0.2, 0.25) is 12.1 Å². The molecule has 4 unspecified atom stereocenters. The highest BCUT2D eigenvalue weighted by Gasteiger charge is 2.66. The Bertz CT molecular complexity index is 440. The van der Waals surface area contributed by atoms with Crippen LogP contribution in [0.4, 0.5) is 0 Å². The van der Waals surface area contributed by atoms with E-state index < -0.39 is 12.1 Å². The predicted molar refractivity (Wildman–Crippen MR) is 68.0 cm³/mol. The van der Waals surface area contributed by atoms with Crippen LogP contribution in [-0.4, -0.2) is 23.6 Å². The van der Waals surface area contributed by atoms with Gasteiger partial charge in [-0.3, -0.25) is 4.79 Å². The van der Waals surface area contributed by atoms with Crippen molar-refractivity contribution in [3.8, 4) is 0 Å². The number of esters is 1. The maximum absolute atomic E-state index is 12.1. The molecule has 1 aliphatic carbocycles. The lowest BCUT2D eigenvalue weighted by Crippen LogP contribution is -2.61. The van der Waals surface area contributed by atoms with Gasteiger partial charge in [-0.05, 0) is 38.0 Å². The van der Waals surface area contributed by atoms with E-state index in [0.29, 0.717) is 5.92 Å². The largest absolute Gasteiger partial charge is 0.435 e. The molecule has 0 aromatic carbocycles. The molecule has 5 rings (SSSR count). The molecule has 5 nitrogen and oxygen atoms in total. The molecule has 5 fully saturated rings. The van der Waals surface area contributed by atoms with Gasteiger partial charge in [0.15, 0.2) is 0 Å². The fraction of sp³-hybridized carbons (Fsp3) is 0.933. The standard InChI is InChI=1S/C15H22O5/c1-8-4-5-10-9(2)12(16)17-13-11(10)15(8)7-6-14(3,18-13)19-20-15/h8-11,13H,4-7H2,1-3H3/t8-,9-,10?,11?,13?,14+,15?/m1/s1. The number of ether oxygens (including phenoxy) is 2. The van der Waals surface area contributed by atoms with E-state index in [1.54, 1.807) is 0 Å². The summed E-state index contributed by atoms with van der Waals surface area (Å²) in [5.41, 5.74) is -0.363. The molecule has 0 amide bonds. The molecule has 5 heteroatoms. The van der Waals surface area contributed by atoms with Gasteiger partial charge in [0.1, 0.15) is 5.60 Å². The summed E-state index contributed by atoms with van der Waals surface area (Å²) in [6.07, 6.45) is 3.26. The molecule has 20 heavy (non-hydrogen) atoms. The molecule has 112 valence electrons. The summed E-state index contributed by atoms with van der Waals surface area (Å²) in [5, 5.41) is 0. The summed E-state index contributed by atoms with van der Waals surface area (Å²) in [7, 11) is 0. The lowest BCUT2D eigenvalue weighted by Gasteiger charge is -2.53. The van der Waals surface area contributed by atoms with E-state index in [2.05, 4.69) is 6.92 Å². The molecule has 0 N–H and O–H groups in total. The van der Waals surface area contributed by atoms with Gasteiger partial charge in [-0.25, -0.2) is 9.78 Å². The van der Waals surface area contributed by atoms with Crippen molar-refractivity contribution in [1.82, 2.24) is 0 Å². The average Bonchev–Trinajstić information content (AvgIpc) is 2.62. The monoisotopic (exact) mass is 282 g/mol. The number of hydrogen-bond acceptors (Lipinski definition) is 5. The molecule has 2 bridgehead atoms. The third-order valence-electron chi connectivity index (χ3n) is 6.04. The van der Waals surface area contributed by atoms with Crippen LogP contribution in [0.1, 0.15) is 46.5 Å². The Morgan fingerprint density at radius 1 is 1.15 bits per heavy atom. The molecule has 7 atom stereocenters. The van der Waals surface area contributed by atoms with Gasteiger partial charge >= 0.3 is 5.97 Å². The summed E-state index contributed by atoms with van der Waals surface area (Å²) >= 11 is 0. The molecular weight excluding hydrogens is 260 g/mol. The first-order valence-electron chi connectivity index (χ1n) is 7.70. The predicted octanol–water partition coefficient (Wildman–Crippen LogP) is 2.39. The van der Waals surface area contributed by atoms with E-state index >= 15 is 0 Å². The topological polar surface area (TPSA) is 54.0 Å². The van der Waals surface area contributed by atoms with Gasteiger partial charge in [-0.15, -0.1) is 0 Å². The molecule has 4 saturated heterocycles. The zero-order valence-corrected chi connectivity index (χ0v) is 12.3. The summed E-state index contributed by atoms with van der Waals surface area (Å²) in [5.74, 6) is -0.284. The molecule has 4 heterocycles. The first-order valence-corrected chi connectivity index (χ1v) is 7.70. The number of carbonyl (C=O) groups is 1. The third kappa shape index (κ3) is 1.51. The SMILES string of the molecule is C[C@@H]1CCC2C3C(OC(=O)[C@@H]2C)O[C@]2(C)CCC31OO2. The lowest BCUT2D eigenvalue weighted by molar-refractivity contribution is -0.483. The van der Waals surface area contributed by atoms with E-state index in [9.17, 15) is 4.79 Å². The van der Waals surface area contributed by atoms with Crippen molar-refractivity contribution in [2.75, 3.05) is 0 Å². The average molecular weight is 282 g/mol. The Morgan fingerprint density at radius 2 is 1.95 bits per heavy atom. The van der Waals surface area contributed by atoms with Crippen molar-refractivity contribution in [3.05, 3.63) is 0 Å². The van der Waals surface area contributed by atoms with Crippen LogP contribution in [-0.2, 0) is 24.0 Å². The van der Waals surface area contributed by atoms with Gasteiger partial charge in [0, 0.05) is 6.42 Å². The van der Waals surface area contributed by atoms with E-state index in [0.717, 1.165) is 25.7 Å². The van der Waals surface area contributed by atoms with Crippen LogP contribution in [0.25, 0.3) is 0 Å². The minimum Gasteiger partial charge on any atom is -0.435 e. The minimum absolute atomic E-state index is 0.0854. The van der Waals surface area contributed by atoms with Crippen LogP contribution in [0.2, 0.25) is 0 Å². The van der Waals surface area contributed by atoms with Crippen molar-refractivity contribution in [3.63, 3.8) is 0 Å². The third-order valence-corrected chi connectivity index (χ3v) is 6.04. The van der Waals surface area contributed by atoms with E-state index in [-0.39, 0.29) is 29.3 Å². The smallest absolute Gasteiger partial charge is 0.311 e. The van der Waals surface area contributed by atoms with Crippen molar-refractivity contribution >= 4 is 5.97 Å². The van der Waals surface area contributed by atoms with Crippen LogP contribution < -0.4 is 0 Å². The van der Waals surface area contributed by atoms with Crippen molar-refractivity contribution in [1.29, 1.82) is 0 Å². The molecule has 0 radical (unpaired) electrons. The second-order valence-electron chi connectivity index (χ2n) is 7.14. The van der Waals surface area contributed by atoms with Crippen LogP contribution in [0, 0.1) is 23.7 Å². The second-order valence-corrected chi connectivity index (χ2v) is 7.14. The Hall–Kier alpha value is -0.650. The highest BCUT2D eigenvalue weighted by Crippen LogP contribution is 2.58. The van der Waals surface area contributed by atoms with Crippen molar-refractivity contribution in [2.45, 2.75) is 64.1 Å². The quantitative estimate of drug-likeness (QED) is 0.504. The normalized spacial score (nSPS) is 57.8. The number of fused-ring (bicyclic) bond motifs is 2. The molecule has 0 aromatic rings. The zero-order chi connectivity index (χ0) is 14.1. The van der Waals surface area contributed by atoms with Crippen molar-refractivity contribution in [2.24, 2.45) is 23.7 Å². The summed E-state index contributed by atoms with van der Waals surface area (Å²) in [6.45, 7) is 6.04. The number of hydrogen-bond donors (Lipinski definition) is 0. The number of rotatable bonds is 0. The van der Waals surface area contributed by atoms with Crippen LogP contribution in [0.3, 0.4) is 0 Å². The first-order chi connectivity index (χ1) is 9.45. The number of carbonyl (C=O) groups excluding carboxylic acids is 1. The molecule has 0 aromatic heterocycles. The minimum atomic E-state index is -0.793. The maximum Gasteiger partial charge on any atom is 0.311 e. The molecular formula is C15H22O5. The molecule has 1 saturated carbocycles. The summed E-state index contributed by atoms with van der Waals surface area (Å²) < 4.78 is 11.6. The highest BCUT2D eigenvalue weighted by molar-refractivity contribution is 5.73. The van der Waals surface area contributed by atoms with Gasteiger partial charge in [0.05, 0.1) is 11.8 Å². The maximum atomic E-state index is 12.1. The van der Waals surface area contributed by atoms with Crippen LogP contribution in [0.15, 0.2) is 0 Å². The molecule has 4 aliphatic heterocycles. The fourth-order valence-corrected chi connectivity index (χ4v) is 4.66. The van der Waals surface area contributed by atoms with Gasteiger partial charge in [-0.2, -0.15) is 0 Å². The highest BCUT2D eigenvalue weighted by atomic mass is 17.2. The van der Waals surface area contributed by atoms with Gasteiger partial charge in [-0.1, -0.05) is 13.8 Å². The first kappa shape index (κ1) is 13.0. The Balaban J connectivity index is 1.81. The lowest BCUT2D eigenvalue weighted by atomic mass is 9.58. The van der Waals surface area contributed by atoms with Crippen LogP contribution >= 0.6 is 0 Å². The Kier molecular flexibility index (Phi) is 2.58. The molecule has 1 spiro atoms. The Labute approximate surface area is 118 Å². The van der Waals surface area contributed by atoms with Gasteiger partial charge < -0.3 is 9.47 Å². The van der Waals surface area contributed by atoms with E-state index in [4.69, 9.17) is 19.2 Å². The Morgan fingerprint density at radius 3 is 2.65 bits per heavy atom. The van der Waals surface area contributed by atoms with Gasteiger partial charge in [0.25, 0.3) is 0 Å². The van der Waals surface area contributed by atoms with Crippen LogP contribution in [0.5, 0.6) is 0 Å². The fourth-order valence-electron chi connectivity index (χ4n) is 4.66. The molecule has 5 aliphatic rings. The van der Waals surface area contributed by atoms with E-state index in [1.807, 2.05) is 13.8 Å². The summed E-state index contributed by atoms with van der Waals surface area (Å²) in [6, 6.07) is 0. The second kappa shape index (κ2) is 3.96. The zero-order valence-electron chi connectivity index (χ0n) is 12.3. The van der Waals surface area contributed by atoms with Crippen molar-refractivity contribution < 1.29 is 24.0 Å². The summed E-state index contributed by atoms with van der Waals surface area (Å²) in [4.78, 5) is 23.6.